The first-order valence-electron chi connectivity index (χ1n) is 6.46. The Kier molecular flexibility index (Phi) is 4.58. The first-order chi connectivity index (χ1) is 9.17. The Morgan fingerprint density at radius 1 is 1.00 bits per heavy atom. The molecule has 0 saturated carbocycles. The highest BCUT2D eigenvalue weighted by Crippen LogP contribution is 2.38. The van der Waals surface area contributed by atoms with Crippen LogP contribution in [0.5, 0.6) is 0 Å². The van der Waals surface area contributed by atoms with Gasteiger partial charge in [-0.2, -0.15) is 0 Å². The van der Waals surface area contributed by atoms with Crippen molar-refractivity contribution in [3.63, 3.8) is 0 Å². The Labute approximate surface area is 120 Å². The molecule has 0 radical (unpaired) electrons. The highest BCUT2D eigenvalue weighted by Gasteiger charge is 2.40. The molecule has 0 fully saturated rings. The molecule has 0 unspecified atom stereocenters. The van der Waals surface area contributed by atoms with Gasteiger partial charge < -0.3 is 9.47 Å². The van der Waals surface area contributed by atoms with Gasteiger partial charge in [-0.05, 0) is 20.8 Å². The number of methoxy groups -OCH3 is 2. The molecule has 4 nitrogen and oxygen atoms in total. The molecule has 0 amide bonds. The molecule has 0 spiro atoms. The van der Waals surface area contributed by atoms with E-state index >= 15 is 0 Å². The van der Waals surface area contributed by atoms with Gasteiger partial charge in [0.15, 0.2) is 0 Å². The van der Waals surface area contributed by atoms with Crippen LogP contribution < -0.4 is 0 Å². The number of ether oxygens (including phenoxy) is 2. The maximum absolute atomic E-state index is 12.6. The summed E-state index contributed by atoms with van der Waals surface area (Å²) in [5.74, 6) is -0.627. The molecule has 110 valence electrons. The minimum Gasteiger partial charge on any atom is -0.489 e. The molecule has 20 heavy (non-hydrogen) atoms. The van der Waals surface area contributed by atoms with E-state index in [1.165, 1.54) is 14.2 Å². The van der Waals surface area contributed by atoms with Crippen LogP contribution in [0.3, 0.4) is 0 Å². The predicted octanol–water partition coefficient (Wildman–Crippen LogP) is 2.95. The molecule has 0 atom stereocenters. The Balaban J connectivity index is 3.50. The van der Waals surface area contributed by atoms with Gasteiger partial charge in [-0.25, -0.2) is 0 Å². The third-order valence-corrected chi connectivity index (χ3v) is 3.26. The molecule has 0 aliphatic heterocycles. The monoisotopic (exact) mass is 278 g/mol. The van der Waals surface area contributed by atoms with Crippen molar-refractivity contribution in [2.75, 3.05) is 14.2 Å². The topological polar surface area (TPSA) is 52.6 Å². The second-order valence-corrected chi connectivity index (χ2v) is 5.67. The van der Waals surface area contributed by atoms with Crippen molar-refractivity contribution in [1.82, 2.24) is 0 Å². The Morgan fingerprint density at radius 3 is 1.85 bits per heavy atom. The number of hydrogen-bond donors (Lipinski definition) is 0. The number of rotatable bonds is 4. The van der Waals surface area contributed by atoms with Crippen LogP contribution >= 0.6 is 0 Å². The van der Waals surface area contributed by atoms with E-state index in [0.29, 0.717) is 11.1 Å². The Hall–Kier alpha value is -1.84. The maximum Gasteiger partial charge on any atom is 0.228 e. The SMILES string of the molecule is COC1=C(OC)C(=O)C(C(C)(C)C=C(C)C)=C(C)C1=O. The summed E-state index contributed by atoms with van der Waals surface area (Å²) in [5, 5.41) is 0. The Bertz CT molecular complexity index is 541. The van der Waals surface area contributed by atoms with Crippen LogP contribution in [0, 0.1) is 5.41 Å². The van der Waals surface area contributed by atoms with Crippen molar-refractivity contribution in [2.24, 2.45) is 5.41 Å². The zero-order valence-corrected chi connectivity index (χ0v) is 13.2. The van der Waals surface area contributed by atoms with Crippen LogP contribution in [-0.4, -0.2) is 25.8 Å². The number of carbonyl (C=O) groups is 2. The number of allylic oxidation sites excluding steroid dienone is 4. The first kappa shape index (κ1) is 16.2. The summed E-state index contributed by atoms with van der Waals surface area (Å²) in [6.07, 6.45) is 1.97. The van der Waals surface area contributed by atoms with Gasteiger partial charge >= 0.3 is 0 Å². The minimum atomic E-state index is -0.543. The number of ketones is 2. The van der Waals surface area contributed by atoms with E-state index in [9.17, 15) is 9.59 Å². The summed E-state index contributed by atoms with van der Waals surface area (Å²) < 4.78 is 10.1. The fourth-order valence-corrected chi connectivity index (χ4v) is 2.71. The summed E-state index contributed by atoms with van der Waals surface area (Å²) in [4.78, 5) is 24.9. The molecule has 0 heterocycles. The van der Waals surface area contributed by atoms with E-state index < -0.39 is 5.41 Å². The molecule has 0 bridgehead atoms. The second-order valence-electron chi connectivity index (χ2n) is 5.67. The lowest BCUT2D eigenvalue weighted by Gasteiger charge is -2.29. The van der Waals surface area contributed by atoms with Crippen LogP contribution in [0.4, 0.5) is 0 Å². The quantitative estimate of drug-likeness (QED) is 0.586. The van der Waals surface area contributed by atoms with Gasteiger partial charge in [0, 0.05) is 16.6 Å². The first-order valence-corrected chi connectivity index (χ1v) is 6.46. The van der Waals surface area contributed by atoms with Crippen molar-refractivity contribution in [1.29, 1.82) is 0 Å². The second kappa shape index (κ2) is 5.65. The smallest absolute Gasteiger partial charge is 0.228 e. The molecule has 1 aliphatic carbocycles. The van der Waals surface area contributed by atoms with Gasteiger partial charge in [0.2, 0.25) is 23.1 Å². The average molecular weight is 278 g/mol. The van der Waals surface area contributed by atoms with Crippen molar-refractivity contribution in [3.8, 4) is 0 Å². The van der Waals surface area contributed by atoms with Crippen molar-refractivity contribution in [3.05, 3.63) is 34.3 Å². The molecular formula is C16H22O4. The predicted molar refractivity (Wildman–Crippen MR) is 77.0 cm³/mol. The van der Waals surface area contributed by atoms with Crippen molar-refractivity contribution >= 4 is 11.6 Å². The third-order valence-electron chi connectivity index (χ3n) is 3.26. The summed E-state index contributed by atoms with van der Waals surface area (Å²) in [6.45, 7) is 9.40. The van der Waals surface area contributed by atoms with Gasteiger partial charge in [0.05, 0.1) is 14.2 Å². The normalized spacial score (nSPS) is 16.6. The number of hydrogen-bond acceptors (Lipinski definition) is 4. The maximum atomic E-state index is 12.6. The van der Waals surface area contributed by atoms with Crippen LogP contribution in [0.1, 0.15) is 34.6 Å². The number of carbonyl (C=O) groups excluding carboxylic acids is 2. The van der Waals surface area contributed by atoms with Crippen molar-refractivity contribution in [2.45, 2.75) is 34.6 Å². The molecule has 0 aromatic carbocycles. The number of Topliss-reactive ketones (excluding diaryl/α,β-unsaturated/α-hetero) is 2. The molecular weight excluding hydrogens is 256 g/mol. The van der Waals surface area contributed by atoms with E-state index in [0.717, 1.165) is 5.57 Å². The molecule has 1 aliphatic rings. The van der Waals surface area contributed by atoms with E-state index in [4.69, 9.17) is 9.47 Å². The molecule has 0 N–H and O–H groups in total. The van der Waals surface area contributed by atoms with Gasteiger partial charge in [-0.3, -0.25) is 9.59 Å². The molecule has 0 saturated heterocycles. The molecule has 0 aromatic heterocycles. The van der Waals surface area contributed by atoms with Crippen LogP contribution in [0.15, 0.2) is 34.3 Å². The van der Waals surface area contributed by atoms with E-state index in [1.54, 1.807) is 6.92 Å². The highest BCUT2D eigenvalue weighted by atomic mass is 16.5. The average Bonchev–Trinajstić information content (AvgIpc) is 2.31. The van der Waals surface area contributed by atoms with Crippen LogP contribution in [0.2, 0.25) is 0 Å². The van der Waals surface area contributed by atoms with Gasteiger partial charge in [0.1, 0.15) is 0 Å². The van der Waals surface area contributed by atoms with E-state index in [-0.39, 0.29) is 23.1 Å². The standard InChI is InChI=1S/C16H22O4/c1-9(2)8-16(4,5)11-10(3)12(17)14(19-6)15(20-7)13(11)18/h8H,1-7H3. The summed E-state index contributed by atoms with van der Waals surface area (Å²) in [6, 6.07) is 0. The zero-order valence-electron chi connectivity index (χ0n) is 13.2. The van der Waals surface area contributed by atoms with E-state index in [2.05, 4.69) is 0 Å². The van der Waals surface area contributed by atoms with Gasteiger partial charge in [-0.1, -0.05) is 25.5 Å². The Morgan fingerprint density at radius 2 is 1.45 bits per heavy atom. The van der Waals surface area contributed by atoms with Crippen molar-refractivity contribution < 1.29 is 19.1 Å². The molecule has 0 aromatic rings. The highest BCUT2D eigenvalue weighted by molar-refractivity contribution is 6.24. The lowest BCUT2D eigenvalue weighted by atomic mass is 9.74. The van der Waals surface area contributed by atoms with Gasteiger partial charge in [-0.15, -0.1) is 0 Å². The lowest BCUT2D eigenvalue weighted by Crippen LogP contribution is -2.31. The summed E-state index contributed by atoms with van der Waals surface area (Å²) in [5.41, 5.74) is 1.41. The van der Waals surface area contributed by atoms with Crippen LogP contribution in [0.25, 0.3) is 0 Å². The van der Waals surface area contributed by atoms with Gasteiger partial charge in [0.25, 0.3) is 0 Å². The van der Waals surface area contributed by atoms with E-state index in [1.807, 2.05) is 33.8 Å². The van der Waals surface area contributed by atoms with Crippen LogP contribution in [-0.2, 0) is 19.1 Å². The summed E-state index contributed by atoms with van der Waals surface area (Å²) in [7, 11) is 2.73. The zero-order chi connectivity index (χ0) is 15.7. The summed E-state index contributed by atoms with van der Waals surface area (Å²) >= 11 is 0. The fourth-order valence-electron chi connectivity index (χ4n) is 2.71. The largest absolute Gasteiger partial charge is 0.489 e. The molecule has 4 heteroatoms. The minimum absolute atomic E-state index is 0.0201. The lowest BCUT2D eigenvalue weighted by molar-refractivity contribution is -0.121. The third kappa shape index (κ3) is 2.69. The molecule has 1 rings (SSSR count). The fraction of sp³-hybridized carbons (Fsp3) is 0.500.